The molecule has 0 bridgehead atoms. The third kappa shape index (κ3) is 4.42. The van der Waals surface area contributed by atoms with E-state index in [1.807, 2.05) is 0 Å². The number of piperidine rings is 1. The maximum atomic E-state index is 13.5. The second-order valence-corrected chi connectivity index (χ2v) is 5.14. The highest BCUT2D eigenvalue weighted by Gasteiger charge is 2.31. The molecule has 0 aromatic heterocycles. The number of nitrogens with one attached hydrogen (secondary N) is 2. The Hall–Kier alpha value is -1.63. The van der Waals surface area contributed by atoms with Gasteiger partial charge in [0.05, 0.1) is 11.3 Å². The van der Waals surface area contributed by atoms with Gasteiger partial charge in [-0.3, -0.25) is 4.79 Å². The van der Waals surface area contributed by atoms with Crippen molar-refractivity contribution in [2.24, 2.45) is 5.92 Å². The van der Waals surface area contributed by atoms with Gasteiger partial charge in [-0.15, -0.1) is 0 Å². The fraction of sp³-hybridized carbons (Fsp3) is 0.500. The van der Waals surface area contributed by atoms with Crippen molar-refractivity contribution in [2.45, 2.75) is 25.4 Å². The number of alkyl halides is 3. The zero-order valence-electron chi connectivity index (χ0n) is 11.3. The maximum absolute atomic E-state index is 13.5. The number of anilines is 1. The molecule has 0 radical (unpaired) electrons. The molecule has 3 nitrogen and oxygen atoms in total. The van der Waals surface area contributed by atoms with Gasteiger partial charge < -0.3 is 10.6 Å². The lowest BCUT2D eigenvalue weighted by Crippen LogP contribution is -2.30. The van der Waals surface area contributed by atoms with Crippen molar-refractivity contribution in [3.05, 3.63) is 29.6 Å². The van der Waals surface area contributed by atoms with Crippen LogP contribution in [0.4, 0.5) is 23.2 Å². The van der Waals surface area contributed by atoms with Crippen LogP contribution < -0.4 is 10.6 Å². The highest BCUT2D eigenvalue weighted by molar-refractivity contribution is 5.91. The summed E-state index contributed by atoms with van der Waals surface area (Å²) in [4.78, 5) is 11.8. The van der Waals surface area contributed by atoms with Crippen LogP contribution in [0.25, 0.3) is 0 Å². The Labute approximate surface area is 119 Å². The van der Waals surface area contributed by atoms with Crippen molar-refractivity contribution in [1.29, 1.82) is 0 Å². The molecule has 1 aromatic rings. The molecule has 0 spiro atoms. The zero-order valence-corrected chi connectivity index (χ0v) is 11.3. The average Bonchev–Trinajstić information content (AvgIpc) is 2.41. The van der Waals surface area contributed by atoms with E-state index in [1.54, 1.807) is 0 Å². The second kappa shape index (κ2) is 6.43. The SMILES string of the molecule is O=C(CC1CCNCC1)Nc1cc(C(F)(F)F)ccc1F. The Morgan fingerprint density at radius 2 is 1.95 bits per heavy atom. The molecule has 7 heteroatoms. The first-order valence-electron chi connectivity index (χ1n) is 6.73. The first-order valence-corrected chi connectivity index (χ1v) is 6.73. The predicted molar refractivity (Wildman–Crippen MR) is 70.2 cm³/mol. The molecule has 1 aromatic carbocycles. The summed E-state index contributed by atoms with van der Waals surface area (Å²) < 4.78 is 51.2. The van der Waals surface area contributed by atoms with Gasteiger partial charge in [0.15, 0.2) is 0 Å². The molecular weight excluding hydrogens is 288 g/mol. The van der Waals surface area contributed by atoms with E-state index >= 15 is 0 Å². The minimum absolute atomic E-state index is 0.181. The predicted octanol–water partition coefficient (Wildman–Crippen LogP) is 3.17. The highest BCUT2D eigenvalue weighted by atomic mass is 19.4. The molecule has 1 saturated heterocycles. The van der Waals surface area contributed by atoms with Crippen molar-refractivity contribution < 1.29 is 22.4 Å². The number of hydrogen-bond acceptors (Lipinski definition) is 2. The van der Waals surface area contributed by atoms with Gasteiger partial charge in [0.1, 0.15) is 5.82 Å². The number of carbonyl (C=O) groups is 1. The number of rotatable bonds is 3. The highest BCUT2D eigenvalue weighted by Crippen LogP contribution is 2.32. The van der Waals surface area contributed by atoms with E-state index in [2.05, 4.69) is 10.6 Å². The van der Waals surface area contributed by atoms with E-state index in [4.69, 9.17) is 0 Å². The van der Waals surface area contributed by atoms with Crippen molar-refractivity contribution in [3.8, 4) is 0 Å². The molecule has 1 fully saturated rings. The van der Waals surface area contributed by atoms with Crippen LogP contribution in [0.5, 0.6) is 0 Å². The van der Waals surface area contributed by atoms with Gasteiger partial charge in [-0.25, -0.2) is 4.39 Å². The van der Waals surface area contributed by atoms with Crippen LogP contribution in [0.3, 0.4) is 0 Å². The fourth-order valence-corrected chi connectivity index (χ4v) is 2.35. The minimum Gasteiger partial charge on any atom is -0.324 e. The lowest BCUT2D eigenvalue weighted by molar-refractivity contribution is -0.137. The molecule has 1 aliphatic heterocycles. The zero-order chi connectivity index (χ0) is 15.5. The normalized spacial score (nSPS) is 16.8. The van der Waals surface area contributed by atoms with Crippen molar-refractivity contribution in [3.63, 3.8) is 0 Å². The molecular formula is C14H16F4N2O. The summed E-state index contributed by atoms with van der Waals surface area (Å²) in [5, 5.41) is 5.39. The number of halogens is 4. The summed E-state index contributed by atoms with van der Waals surface area (Å²) in [5.41, 5.74) is -1.41. The van der Waals surface area contributed by atoms with Crippen LogP contribution in [-0.4, -0.2) is 19.0 Å². The number of benzene rings is 1. The molecule has 1 heterocycles. The molecule has 21 heavy (non-hydrogen) atoms. The molecule has 0 atom stereocenters. The molecule has 116 valence electrons. The fourth-order valence-electron chi connectivity index (χ4n) is 2.35. The molecule has 2 rings (SSSR count). The molecule has 1 aliphatic rings. The van der Waals surface area contributed by atoms with Gasteiger partial charge in [-0.2, -0.15) is 13.2 Å². The van der Waals surface area contributed by atoms with E-state index in [9.17, 15) is 22.4 Å². The molecule has 1 amide bonds. The van der Waals surface area contributed by atoms with Gasteiger partial charge in [0.25, 0.3) is 0 Å². The topological polar surface area (TPSA) is 41.1 Å². The monoisotopic (exact) mass is 304 g/mol. The van der Waals surface area contributed by atoms with Gasteiger partial charge >= 0.3 is 6.18 Å². The maximum Gasteiger partial charge on any atom is 0.416 e. The van der Waals surface area contributed by atoms with Crippen LogP contribution in [-0.2, 0) is 11.0 Å². The smallest absolute Gasteiger partial charge is 0.324 e. The first-order chi connectivity index (χ1) is 9.86. The summed E-state index contributed by atoms with van der Waals surface area (Å²) in [6.07, 6.45) is -2.71. The van der Waals surface area contributed by atoms with E-state index in [0.29, 0.717) is 18.2 Å². The van der Waals surface area contributed by atoms with Crippen molar-refractivity contribution in [1.82, 2.24) is 5.32 Å². The summed E-state index contributed by atoms with van der Waals surface area (Å²) in [6.45, 7) is 1.63. The minimum atomic E-state index is -4.57. The number of carbonyl (C=O) groups excluding carboxylic acids is 1. The third-order valence-corrected chi connectivity index (χ3v) is 3.50. The molecule has 0 saturated carbocycles. The number of amides is 1. The Morgan fingerprint density at radius 3 is 2.57 bits per heavy atom. The average molecular weight is 304 g/mol. The van der Waals surface area contributed by atoms with Crippen molar-refractivity contribution >= 4 is 11.6 Å². The quantitative estimate of drug-likeness (QED) is 0.842. The summed E-state index contributed by atoms with van der Waals surface area (Å²) >= 11 is 0. The largest absolute Gasteiger partial charge is 0.416 e. The Kier molecular flexibility index (Phi) is 4.82. The lowest BCUT2D eigenvalue weighted by atomic mass is 9.94. The third-order valence-electron chi connectivity index (χ3n) is 3.50. The first kappa shape index (κ1) is 15.8. The molecule has 0 aliphatic carbocycles. The van der Waals surface area contributed by atoms with Gasteiger partial charge in [0.2, 0.25) is 5.91 Å². The van der Waals surface area contributed by atoms with Gasteiger partial charge in [-0.1, -0.05) is 0 Å². The Bertz CT molecular complexity index is 510. The van der Waals surface area contributed by atoms with Crippen LogP contribution in [0.2, 0.25) is 0 Å². The summed E-state index contributed by atoms with van der Waals surface area (Å²) in [7, 11) is 0. The summed E-state index contributed by atoms with van der Waals surface area (Å²) in [5.74, 6) is -1.15. The van der Waals surface area contributed by atoms with Gasteiger partial charge in [0, 0.05) is 6.42 Å². The Balaban J connectivity index is 2.02. The molecule has 0 unspecified atom stereocenters. The second-order valence-electron chi connectivity index (χ2n) is 5.14. The van der Waals surface area contributed by atoms with Crippen LogP contribution in [0.1, 0.15) is 24.8 Å². The van der Waals surface area contributed by atoms with Crippen LogP contribution in [0.15, 0.2) is 18.2 Å². The van der Waals surface area contributed by atoms with E-state index < -0.39 is 29.2 Å². The Morgan fingerprint density at radius 1 is 1.29 bits per heavy atom. The number of hydrogen-bond donors (Lipinski definition) is 2. The van der Waals surface area contributed by atoms with Crippen molar-refractivity contribution in [2.75, 3.05) is 18.4 Å². The summed E-state index contributed by atoms with van der Waals surface area (Å²) in [6, 6.07) is 1.98. The van der Waals surface area contributed by atoms with Crippen LogP contribution >= 0.6 is 0 Å². The van der Waals surface area contributed by atoms with Crippen LogP contribution in [0, 0.1) is 11.7 Å². The van der Waals surface area contributed by atoms with E-state index in [0.717, 1.165) is 25.9 Å². The lowest BCUT2D eigenvalue weighted by Gasteiger charge is -2.22. The van der Waals surface area contributed by atoms with E-state index in [1.165, 1.54) is 0 Å². The van der Waals surface area contributed by atoms with Gasteiger partial charge in [-0.05, 0) is 50.0 Å². The van der Waals surface area contributed by atoms with E-state index in [-0.39, 0.29) is 12.3 Å². The molecule has 2 N–H and O–H groups in total. The standard InChI is InChI=1S/C14H16F4N2O/c15-11-2-1-10(14(16,17)18)8-12(11)20-13(21)7-9-3-5-19-6-4-9/h1-2,8-9,19H,3-7H2,(H,20,21).